The molecule has 18 heteroatoms. The molecule has 1 aliphatic heterocycles. The zero-order valence-electron chi connectivity index (χ0n) is 26.1. The van der Waals surface area contributed by atoms with Crippen LogP contribution in [-0.4, -0.2) is 98.6 Å². The monoisotopic (exact) mass is 666 g/mol. The number of fused-ring (bicyclic) bond motifs is 1. The van der Waals surface area contributed by atoms with Gasteiger partial charge < -0.3 is 34.9 Å². The Balaban J connectivity index is 1.58. The topological polar surface area (TPSA) is 229 Å². The van der Waals surface area contributed by atoms with E-state index >= 15 is 0 Å². The highest BCUT2D eigenvalue weighted by Gasteiger charge is 2.54. The van der Waals surface area contributed by atoms with Crippen molar-refractivity contribution in [2.24, 2.45) is 0 Å². The number of nitrogens with one attached hydrogen (secondary N) is 1. The number of anilines is 1. The number of carbonyl (C=O) groups is 2. The van der Waals surface area contributed by atoms with Gasteiger partial charge in [0.2, 0.25) is 11.8 Å². The molecular formula is C28H39N6O11P. The normalized spacial score (nSPS) is 23.3. The minimum absolute atomic E-state index is 0.0317. The fraction of sp³-hybridized carbons (Fsp3) is 0.536. The minimum Gasteiger partial charge on any atom is -0.479 e. The summed E-state index contributed by atoms with van der Waals surface area (Å²) in [5, 5.41) is 25.0. The van der Waals surface area contributed by atoms with Crippen LogP contribution in [0.25, 0.3) is 11.2 Å². The van der Waals surface area contributed by atoms with E-state index in [0.29, 0.717) is 5.56 Å². The zero-order valence-corrected chi connectivity index (χ0v) is 27.0. The Morgan fingerprint density at radius 3 is 2.59 bits per heavy atom. The number of hydrogen-bond acceptors (Lipinski definition) is 15. The number of nitrogens with zero attached hydrogens (tertiary/aromatic N) is 4. The van der Waals surface area contributed by atoms with Crippen LogP contribution in [0.5, 0.6) is 5.88 Å². The molecule has 0 spiro atoms. The molecule has 1 fully saturated rings. The van der Waals surface area contributed by atoms with Gasteiger partial charge in [0.15, 0.2) is 24.0 Å². The maximum atomic E-state index is 14.1. The van der Waals surface area contributed by atoms with Crippen LogP contribution in [0.4, 0.5) is 5.95 Å². The number of hydrogen-bond donors (Lipinski definition) is 4. The second kappa shape index (κ2) is 14.8. The molecular weight excluding hydrogens is 627 g/mol. The summed E-state index contributed by atoms with van der Waals surface area (Å²) >= 11 is 0. The summed E-state index contributed by atoms with van der Waals surface area (Å²) < 4.78 is 47.9. The van der Waals surface area contributed by atoms with E-state index in [9.17, 15) is 24.4 Å². The molecule has 1 saturated heterocycles. The van der Waals surface area contributed by atoms with E-state index < -0.39 is 69.1 Å². The molecule has 3 heterocycles. The molecule has 46 heavy (non-hydrogen) atoms. The van der Waals surface area contributed by atoms with Crippen LogP contribution in [0.2, 0.25) is 0 Å². The van der Waals surface area contributed by atoms with Crippen molar-refractivity contribution in [3.8, 4) is 5.88 Å². The average Bonchev–Trinajstić information content (AvgIpc) is 3.51. The molecule has 3 aromatic rings. The predicted molar refractivity (Wildman–Crippen MR) is 161 cm³/mol. The fourth-order valence-electron chi connectivity index (χ4n) is 4.76. The summed E-state index contributed by atoms with van der Waals surface area (Å²) in [5.41, 5.74) is 4.95. The number of nitrogen functional groups attached to an aromatic ring is 1. The molecule has 0 bridgehead atoms. The third-order valence-electron chi connectivity index (χ3n) is 6.91. The Labute approximate surface area is 264 Å². The first-order valence-corrected chi connectivity index (χ1v) is 16.0. The first kappa shape index (κ1) is 35.2. The number of aromatic nitrogens is 4. The van der Waals surface area contributed by atoms with E-state index in [1.807, 2.05) is 0 Å². The summed E-state index contributed by atoms with van der Waals surface area (Å²) in [4.78, 5) is 37.6. The lowest BCUT2D eigenvalue weighted by Crippen LogP contribution is -2.44. The largest absolute Gasteiger partial charge is 0.479 e. The molecule has 0 saturated carbocycles. The standard InChI is InChI=1S/C28H39N6O11P/c1-6-41-20(35)14-43-46(39,33-18(25(37)44-16(2)3)12-17-10-8-7-9-11-17)42-13-19-22(36)28(4,38)26(45-19)34-15-30-21-23(34)31-27(29)32-24(21)40-5/h7-11,15-16,18-19,22,26,36,38H,6,12-14H2,1-5H3,(H,33,39)(H2,29,31,32)/t18-,19-,22-,26?,28-,46?/m1/s1. The average molecular weight is 667 g/mol. The summed E-state index contributed by atoms with van der Waals surface area (Å²) in [7, 11) is -3.16. The number of nitrogens with two attached hydrogens (primary N) is 1. The molecule has 0 aliphatic carbocycles. The Bertz CT molecular complexity index is 1550. The zero-order chi connectivity index (χ0) is 33.6. The lowest BCUT2D eigenvalue weighted by atomic mass is 9.96. The van der Waals surface area contributed by atoms with Gasteiger partial charge in [0, 0.05) is 0 Å². The molecule has 6 atom stereocenters. The molecule has 5 N–H and O–H groups in total. The van der Waals surface area contributed by atoms with Gasteiger partial charge in [-0.15, -0.1) is 0 Å². The lowest BCUT2D eigenvalue weighted by molar-refractivity contribution is -0.149. The van der Waals surface area contributed by atoms with E-state index in [4.69, 9.17) is 33.7 Å². The molecule has 0 amide bonds. The van der Waals surface area contributed by atoms with Gasteiger partial charge >= 0.3 is 19.7 Å². The number of imidazole rings is 1. The number of methoxy groups -OCH3 is 1. The highest BCUT2D eigenvalue weighted by atomic mass is 31.2. The van der Waals surface area contributed by atoms with E-state index in [1.54, 1.807) is 51.1 Å². The highest BCUT2D eigenvalue weighted by Crippen LogP contribution is 2.47. The van der Waals surface area contributed by atoms with E-state index in [0.717, 1.165) is 0 Å². The van der Waals surface area contributed by atoms with Crippen LogP contribution in [0.15, 0.2) is 36.7 Å². The van der Waals surface area contributed by atoms with Crippen molar-refractivity contribution in [1.82, 2.24) is 24.6 Å². The quantitative estimate of drug-likeness (QED) is 0.132. The van der Waals surface area contributed by atoms with Gasteiger partial charge in [-0.1, -0.05) is 30.3 Å². The second-order valence-corrected chi connectivity index (χ2v) is 12.6. The number of benzene rings is 1. The van der Waals surface area contributed by atoms with Gasteiger partial charge in [-0.3, -0.25) is 18.4 Å². The molecule has 1 aromatic carbocycles. The maximum absolute atomic E-state index is 14.1. The molecule has 252 valence electrons. The van der Waals surface area contributed by atoms with E-state index in [2.05, 4.69) is 20.0 Å². The van der Waals surface area contributed by atoms with E-state index in [1.165, 1.54) is 24.9 Å². The Kier molecular flexibility index (Phi) is 11.3. The number of esters is 2. The Morgan fingerprint density at radius 1 is 1.22 bits per heavy atom. The third kappa shape index (κ3) is 8.17. The van der Waals surface area contributed by atoms with Crippen molar-refractivity contribution in [1.29, 1.82) is 0 Å². The van der Waals surface area contributed by atoms with Gasteiger partial charge in [0.05, 0.1) is 32.8 Å². The van der Waals surface area contributed by atoms with Gasteiger partial charge in [-0.25, -0.2) is 19.4 Å². The predicted octanol–water partition coefficient (Wildman–Crippen LogP) is 1.28. The molecule has 2 aromatic heterocycles. The van der Waals surface area contributed by atoms with Crippen molar-refractivity contribution < 1.29 is 52.4 Å². The smallest absolute Gasteiger partial charge is 0.406 e. The number of aliphatic hydroxyl groups excluding tert-OH is 1. The van der Waals surface area contributed by atoms with Gasteiger partial charge in [-0.2, -0.15) is 9.97 Å². The highest BCUT2D eigenvalue weighted by molar-refractivity contribution is 7.51. The SMILES string of the molecule is CCOC(=O)COP(=O)(N[C@H](Cc1ccccc1)C(=O)OC(C)C)OC[C@H]1OC(n2cnc3c(OC)nc(N)nc32)[C@](C)(O)[C@@H]1O. The van der Waals surface area contributed by atoms with Crippen molar-refractivity contribution in [3.05, 3.63) is 42.2 Å². The van der Waals surface area contributed by atoms with Crippen molar-refractivity contribution in [3.63, 3.8) is 0 Å². The summed E-state index contributed by atoms with van der Waals surface area (Å²) in [6.45, 7) is 4.87. The number of ether oxygens (including phenoxy) is 4. The maximum Gasteiger partial charge on any atom is 0.406 e. The summed E-state index contributed by atoms with van der Waals surface area (Å²) in [5.74, 6) is -1.62. The van der Waals surface area contributed by atoms with Gasteiger partial charge in [-0.05, 0) is 39.7 Å². The molecule has 1 aliphatic rings. The Hall–Kier alpha value is -3.70. The van der Waals surface area contributed by atoms with Crippen LogP contribution in [-0.2, 0) is 43.8 Å². The number of rotatable bonds is 15. The third-order valence-corrected chi connectivity index (χ3v) is 8.49. The minimum atomic E-state index is -4.54. The van der Waals surface area contributed by atoms with Crippen LogP contribution in [0, 0.1) is 0 Å². The number of carbonyl (C=O) groups excluding carboxylic acids is 2. The first-order valence-electron chi connectivity index (χ1n) is 14.4. The molecule has 2 unspecified atom stereocenters. The van der Waals surface area contributed by atoms with Crippen LogP contribution < -0.4 is 15.6 Å². The number of aliphatic hydroxyl groups is 2. The van der Waals surface area contributed by atoms with Crippen molar-refractivity contribution in [2.45, 2.75) is 70.3 Å². The van der Waals surface area contributed by atoms with Gasteiger partial charge in [0.1, 0.15) is 23.9 Å². The first-order chi connectivity index (χ1) is 21.8. The molecule has 0 radical (unpaired) electrons. The van der Waals surface area contributed by atoms with Crippen LogP contribution >= 0.6 is 7.75 Å². The fourth-order valence-corrected chi connectivity index (χ4v) is 6.18. The lowest BCUT2D eigenvalue weighted by Gasteiger charge is -2.27. The van der Waals surface area contributed by atoms with Crippen LogP contribution in [0.1, 0.15) is 39.5 Å². The van der Waals surface area contributed by atoms with Crippen LogP contribution in [0.3, 0.4) is 0 Å². The van der Waals surface area contributed by atoms with Gasteiger partial charge in [0.25, 0.3) is 0 Å². The summed E-state index contributed by atoms with van der Waals surface area (Å²) in [6.07, 6.45) is -3.33. The molecule has 17 nitrogen and oxygen atoms in total. The summed E-state index contributed by atoms with van der Waals surface area (Å²) in [6, 6.07) is 7.64. The van der Waals surface area contributed by atoms with E-state index in [-0.39, 0.29) is 36.0 Å². The molecule has 4 rings (SSSR count). The van der Waals surface area contributed by atoms with Crippen molar-refractivity contribution >= 4 is 36.8 Å². The Morgan fingerprint density at radius 2 is 1.93 bits per heavy atom. The van der Waals surface area contributed by atoms with Crippen molar-refractivity contribution in [2.75, 3.05) is 32.7 Å². The second-order valence-electron chi connectivity index (χ2n) is 10.8.